The zero-order valence-corrected chi connectivity index (χ0v) is 18.1. The van der Waals surface area contributed by atoms with Gasteiger partial charge in [0.15, 0.2) is 5.69 Å². The van der Waals surface area contributed by atoms with Crippen LogP contribution in [0.15, 0.2) is 46.1 Å². The summed E-state index contributed by atoms with van der Waals surface area (Å²) < 4.78 is 37.9. The molecule has 1 amide bonds. The number of hydrazone groups is 1. The first-order valence-electron chi connectivity index (χ1n) is 10.9. The Morgan fingerprint density at radius 2 is 2.00 bits per heavy atom. The van der Waals surface area contributed by atoms with Gasteiger partial charge in [-0.25, -0.2) is 4.98 Å². The van der Waals surface area contributed by atoms with Gasteiger partial charge in [0.1, 0.15) is 23.5 Å². The van der Waals surface area contributed by atoms with E-state index >= 15 is 0 Å². The van der Waals surface area contributed by atoms with E-state index in [1.54, 1.807) is 24.6 Å². The molecule has 1 aliphatic carbocycles. The number of nitrogens with two attached hydrogens (primary N) is 1. The number of halogens is 3. The third kappa shape index (κ3) is 5.18. The molecule has 176 valence electrons. The minimum atomic E-state index is -4.43. The molecule has 1 saturated carbocycles. The van der Waals surface area contributed by atoms with Crippen LogP contribution in [-0.4, -0.2) is 45.8 Å². The van der Waals surface area contributed by atoms with E-state index in [4.69, 9.17) is 5.73 Å². The number of rotatable bonds is 2. The summed E-state index contributed by atoms with van der Waals surface area (Å²) in [6.45, 7) is 2.28. The molecule has 33 heavy (non-hydrogen) atoms. The zero-order valence-electron chi connectivity index (χ0n) is 18.1. The molecule has 0 radical (unpaired) electrons. The van der Waals surface area contributed by atoms with E-state index in [9.17, 15) is 18.0 Å². The van der Waals surface area contributed by atoms with E-state index in [0.717, 1.165) is 30.5 Å². The highest BCUT2D eigenvalue weighted by Gasteiger charge is 2.34. The van der Waals surface area contributed by atoms with Crippen LogP contribution in [-0.2, 0) is 11.0 Å². The molecule has 0 aromatic carbocycles. The van der Waals surface area contributed by atoms with Crippen molar-refractivity contribution in [3.8, 4) is 0 Å². The van der Waals surface area contributed by atoms with Crippen LogP contribution in [0.2, 0.25) is 0 Å². The van der Waals surface area contributed by atoms with Crippen molar-refractivity contribution in [2.45, 2.75) is 56.9 Å². The number of imidazole rings is 1. The van der Waals surface area contributed by atoms with Gasteiger partial charge in [-0.05, 0) is 49.8 Å². The van der Waals surface area contributed by atoms with Crippen molar-refractivity contribution in [3.63, 3.8) is 0 Å². The van der Waals surface area contributed by atoms with Crippen LogP contribution in [0.1, 0.15) is 38.3 Å². The number of hydrogen-bond donors (Lipinski definition) is 3. The fourth-order valence-corrected chi connectivity index (χ4v) is 4.13. The standard InChI is InChI=1S/C14H20N4O.C8H6F3N3/c1-9-2-4-10(5-3-9)17-14(19)11-6-7-15-12-8-16-18-13(11)12;9-8(10,11)5-4-14-6(12)2-1-3-7(14)13-5/h6-10,12-13,18H,2-5H2,1H3,(H,17,19);1-4H,12H2. The van der Waals surface area contributed by atoms with Crippen molar-refractivity contribution in [2.24, 2.45) is 16.0 Å². The summed E-state index contributed by atoms with van der Waals surface area (Å²) in [5.41, 5.74) is 8.43. The average Bonchev–Trinajstić information content (AvgIpc) is 3.43. The first-order chi connectivity index (χ1) is 15.7. The Balaban J connectivity index is 0.000000165. The second-order valence-corrected chi connectivity index (χ2v) is 8.53. The summed E-state index contributed by atoms with van der Waals surface area (Å²) >= 11 is 0. The molecule has 4 heterocycles. The van der Waals surface area contributed by atoms with Gasteiger partial charge in [0.25, 0.3) is 0 Å². The van der Waals surface area contributed by atoms with Gasteiger partial charge < -0.3 is 16.5 Å². The lowest BCUT2D eigenvalue weighted by atomic mass is 9.87. The third-order valence-corrected chi connectivity index (χ3v) is 6.06. The number of aromatic nitrogens is 2. The average molecular weight is 461 g/mol. The normalized spacial score (nSPS) is 26.1. The second kappa shape index (κ2) is 9.24. The van der Waals surface area contributed by atoms with Gasteiger partial charge in [-0.3, -0.25) is 14.2 Å². The second-order valence-electron chi connectivity index (χ2n) is 8.53. The molecule has 1 fully saturated rings. The number of allylic oxidation sites excluding steroid dienone is 1. The van der Waals surface area contributed by atoms with Crippen molar-refractivity contribution in [2.75, 3.05) is 5.73 Å². The molecule has 2 aliphatic heterocycles. The molecule has 11 heteroatoms. The first kappa shape index (κ1) is 22.8. The van der Waals surface area contributed by atoms with Gasteiger partial charge in [-0.15, -0.1) is 0 Å². The number of alkyl halides is 3. The smallest absolute Gasteiger partial charge is 0.385 e. The highest BCUT2D eigenvalue weighted by atomic mass is 19.4. The number of hydrogen-bond acceptors (Lipinski definition) is 6. The largest absolute Gasteiger partial charge is 0.434 e. The van der Waals surface area contributed by atoms with Gasteiger partial charge in [-0.1, -0.05) is 13.0 Å². The predicted octanol–water partition coefficient (Wildman–Crippen LogP) is 2.95. The van der Waals surface area contributed by atoms with Crippen molar-refractivity contribution >= 4 is 29.8 Å². The molecule has 5 rings (SSSR count). The lowest BCUT2D eigenvalue weighted by molar-refractivity contribution is -0.140. The Bertz CT molecular complexity index is 1100. The van der Waals surface area contributed by atoms with Gasteiger partial charge in [0.05, 0.1) is 6.21 Å². The Morgan fingerprint density at radius 1 is 1.24 bits per heavy atom. The number of dihydropyridines is 1. The molecule has 4 N–H and O–H groups in total. The summed E-state index contributed by atoms with van der Waals surface area (Å²) in [7, 11) is 0. The number of aliphatic imine (C=N–C) groups is 1. The number of nitrogen functional groups attached to an aromatic ring is 1. The number of anilines is 1. The first-order valence-corrected chi connectivity index (χ1v) is 10.9. The quantitative estimate of drug-likeness (QED) is 0.639. The van der Waals surface area contributed by atoms with Crippen LogP contribution in [0, 0.1) is 5.92 Å². The number of pyridine rings is 1. The topological polar surface area (TPSA) is 109 Å². The van der Waals surface area contributed by atoms with E-state index in [2.05, 4.69) is 32.7 Å². The van der Waals surface area contributed by atoms with Gasteiger partial charge in [0.2, 0.25) is 5.91 Å². The van der Waals surface area contributed by atoms with E-state index < -0.39 is 11.9 Å². The van der Waals surface area contributed by atoms with Crippen LogP contribution >= 0.6 is 0 Å². The highest BCUT2D eigenvalue weighted by Crippen LogP contribution is 2.29. The number of nitrogens with one attached hydrogen (secondary N) is 2. The SMILES string of the molecule is CC1CCC(NC(=O)C2=CC=NC3C=NNC23)CC1.Nc1cccc2nc(C(F)(F)F)cn12. The molecule has 2 atom stereocenters. The van der Waals surface area contributed by atoms with Crippen molar-refractivity contribution < 1.29 is 18.0 Å². The fraction of sp³-hybridized carbons (Fsp3) is 0.455. The number of carbonyl (C=O) groups excluding carboxylic acids is 1. The summed E-state index contributed by atoms with van der Waals surface area (Å²) in [6.07, 6.45) is 6.30. The maximum Gasteiger partial charge on any atom is 0.434 e. The maximum atomic E-state index is 12.4. The number of fused-ring (bicyclic) bond motifs is 2. The Morgan fingerprint density at radius 3 is 2.70 bits per heavy atom. The molecular weight excluding hydrogens is 435 g/mol. The highest BCUT2D eigenvalue weighted by molar-refractivity contribution is 6.01. The van der Waals surface area contributed by atoms with Crippen LogP contribution in [0.3, 0.4) is 0 Å². The molecule has 2 aromatic heterocycles. The fourth-order valence-electron chi connectivity index (χ4n) is 4.13. The lowest BCUT2D eigenvalue weighted by Gasteiger charge is -2.28. The molecule has 0 saturated heterocycles. The summed E-state index contributed by atoms with van der Waals surface area (Å²) in [5.74, 6) is 1.05. The molecule has 3 aliphatic rings. The minimum absolute atomic E-state index is 0.0266. The summed E-state index contributed by atoms with van der Waals surface area (Å²) in [6, 6.07) is 4.73. The van der Waals surface area contributed by atoms with Crippen LogP contribution in [0.25, 0.3) is 5.65 Å². The van der Waals surface area contributed by atoms with Crippen molar-refractivity contribution in [1.82, 2.24) is 20.1 Å². The molecule has 2 unspecified atom stereocenters. The number of amides is 1. The Hall–Kier alpha value is -3.37. The number of carbonyl (C=O) groups is 1. The van der Waals surface area contributed by atoms with Gasteiger partial charge in [0, 0.05) is 24.0 Å². The van der Waals surface area contributed by atoms with Gasteiger partial charge in [-0.2, -0.15) is 18.3 Å². The molecule has 0 bridgehead atoms. The van der Waals surface area contributed by atoms with E-state index in [-0.39, 0.29) is 29.5 Å². The Labute approximate surface area is 188 Å². The monoisotopic (exact) mass is 461 g/mol. The molecular formula is C22H26F3N7O. The van der Waals surface area contributed by atoms with E-state index in [1.165, 1.54) is 29.4 Å². The summed E-state index contributed by atoms with van der Waals surface area (Å²) in [4.78, 5) is 20.0. The van der Waals surface area contributed by atoms with E-state index in [0.29, 0.717) is 6.04 Å². The zero-order chi connectivity index (χ0) is 23.6. The maximum absolute atomic E-state index is 12.4. The minimum Gasteiger partial charge on any atom is -0.385 e. The van der Waals surface area contributed by atoms with Crippen LogP contribution < -0.4 is 16.5 Å². The van der Waals surface area contributed by atoms with Gasteiger partial charge >= 0.3 is 6.18 Å². The molecule has 0 spiro atoms. The predicted molar refractivity (Wildman–Crippen MR) is 120 cm³/mol. The van der Waals surface area contributed by atoms with Crippen molar-refractivity contribution in [1.29, 1.82) is 0 Å². The lowest BCUT2D eigenvalue weighted by Crippen LogP contribution is -2.45. The Kier molecular flexibility index (Phi) is 6.39. The van der Waals surface area contributed by atoms with Crippen molar-refractivity contribution in [3.05, 3.63) is 41.7 Å². The molecule has 2 aromatic rings. The number of nitrogens with zero attached hydrogens (tertiary/aromatic N) is 4. The third-order valence-electron chi connectivity index (χ3n) is 6.06. The summed E-state index contributed by atoms with van der Waals surface area (Å²) in [5, 5.41) is 7.16. The van der Waals surface area contributed by atoms with Crippen LogP contribution in [0.5, 0.6) is 0 Å². The van der Waals surface area contributed by atoms with E-state index in [1.807, 2.05) is 0 Å². The molecule has 8 nitrogen and oxygen atoms in total. The van der Waals surface area contributed by atoms with Crippen LogP contribution in [0.4, 0.5) is 19.0 Å².